The van der Waals surface area contributed by atoms with Gasteiger partial charge in [0.1, 0.15) is 5.75 Å². The van der Waals surface area contributed by atoms with E-state index in [1.54, 1.807) is 0 Å². The Balaban J connectivity index is 1.89. The van der Waals surface area contributed by atoms with E-state index in [4.69, 9.17) is 4.74 Å². The molecule has 2 unspecified atom stereocenters. The molecule has 110 valence electrons. The van der Waals surface area contributed by atoms with E-state index in [9.17, 15) is 0 Å². The molecule has 0 spiro atoms. The second-order valence-electron chi connectivity index (χ2n) is 7.07. The third-order valence-corrected chi connectivity index (χ3v) is 5.38. The molecule has 0 amide bonds. The van der Waals surface area contributed by atoms with Crippen LogP contribution in [0.2, 0.25) is 0 Å². The van der Waals surface area contributed by atoms with Crippen LogP contribution < -0.4 is 10.1 Å². The third-order valence-electron chi connectivity index (χ3n) is 5.38. The molecule has 1 heterocycles. The van der Waals surface area contributed by atoms with E-state index < -0.39 is 0 Å². The summed E-state index contributed by atoms with van der Waals surface area (Å²) in [6.45, 7) is 5.73. The lowest BCUT2D eigenvalue weighted by Crippen LogP contribution is -2.37. The first kappa shape index (κ1) is 13.9. The highest BCUT2D eigenvalue weighted by Gasteiger charge is 2.37. The molecule has 1 saturated carbocycles. The zero-order chi connectivity index (χ0) is 14.2. The number of fused-ring (bicyclic) bond motifs is 1. The van der Waals surface area contributed by atoms with Crippen LogP contribution in [0.25, 0.3) is 0 Å². The molecule has 2 heteroatoms. The molecule has 0 radical (unpaired) electrons. The van der Waals surface area contributed by atoms with Gasteiger partial charge in [0.05, 0.1) is 6.61 Å². The molecule has 1 aliphatic heterocycles. The van der Waals surface area contributed by atoms with Crippen LogP contribution in [0.4, 0.5) is 0 Å². The second kappa shape index (κ2) is 5.40. The molecule has 20 heavy (non-hydrogen) atoms. The maximum atomic E-state index is 5.63. The number of ether oxygens (including phenoxy) is 1. The van der Waals surface area contributed by atoms with Gasteiger partial charge < -0.3 is 10.1 Å². The number of benzene rings is 1. The van der Waals surface area contributed by atoms with Crippen molar-refractivity contribution >= 4 is 0 Å². The SMILES string of the molecule is CNC(c1ccc2c(c1)CCO2)C1CCCCC1(C)C. The number of nitrogens with one attached hydrogen (secondary N) is 1. The van der Waals surface area contributed by atoms with Crippen LogP contribution in [0.3, 0.4) is 0 Å². The Labute approximate surface area is 122 Å². The van der Waals surface area contributed by atoms with Crippen LogP contribution >= 0.6 is 0 Å². The molecular formula is C18H27NO. The molecule has 2 atom stereocenters. The van der Waals surface area contributed by atoms with E-state index in [1.165, 1.54) is 36.8 Å². The predicted molar refractivity (Wildman–Crippen MR) is 83.2 cm³/mol. The van der Waals surface area contributed by atoms with Crippen molar-refractivity contribution in [3.05, 3.63) is 29.3 Å². The number of hydrogen-bond acceptors (Lipinski definition) is 2. The van der Waals surface area contributed by atoms with Crippen LogP contribution in [0, 0.1) is 11.3 Å². The van der Waals surface area contributed by atoms with Gasteiger partial charge in [0, 0.05) is 12.5 Å². The van der Waals surface area contributed by atoms with E-state index in [-0.39, 0.29) is 0 Å². The molecule has 0 saturated heterocycles. The van der Waals surface area contributed by atoms with E-state index in [1.807, 2.05) is 0 Å². The van der Waals surface area contributed by atoms with E-state index in [0.717, 1.165) is 24.7 Å². The molecule has 1 aliphatic carbocycles. The van der Waals surface area contributed by atoms with Crippen molar-refractivity contribution in [1.82, 2.24) is 5.32 Å². The van der Waals surface area contributed by atoms with Gasteiger partial charge >= 0.3 is 0 Å². The summed E-state index contributed by atoms with van der Waals surface area (Å²) < 4.78 is 5.63. The highest BCUT2D eigenvalue weighted by molar-refractivity contribution is 5.41. The van der Waals surface area contributed by atoms with Crippen molar-refractivity contribution in [2.45, 2.75) is 52.0 Å². The Bertz CT molecular complexity index is 480. The first-order valence-electron chi connectivity index (χ1n) is 8.05. The normalized spacial score (nSPS) is 25.9. The number of hydrogen-bond donors (Lipinski definition) is 1. The summed E-state index contributed by atoms with van der Waals surface area (Å²) in [5.74, 6) is 1.81. The molecule has 1 fully saturated rings. The lowest BCUT2D eigenvalue weighted by atomic mass is 9.65. The predicted octanol–water partition coefficient (Wildman–Crippen LogP) is 4.10. The highest BCUT2D eigenvalue weighted by atomic mass is 16.5. The van der Waals surface area contributed by atoms with Crippen molar-refractivity contribution in [2.24, 2.45) is 11.3 Å². The van der Waals surface area contributed by atoms with Gasteiger partial charge in [-0.25, -0.2) is 0 Å². The Morgan fingerprint density at radius 2 is 2.15 bits per heavy atom. The summed E-state index contributed by atoms with van der Waals surface area (Å²) in [6, 6.07) is 7.26. The van der Waals surface area contributed by atoms with Gasteiger partial charge in [-0.1, -0.05) is 38.8 Å². The average molecular weight is 273 g/mol. The lowest BCUT2D eigenvalue weighted by Gasteiger charge is -2.43. The second-order valence-corrected chi connectivity index (χ2v) is 7.07. The molecule has 2 aliphatic rings. The fourth-order valence-corrected chi connectivity index (χ4v) is 4.14. The van der Waals surface area contributed by atoms with Gasteiger partial charge in [-0.3, -0.25) is 0 Å². The van der Waals surface area contributed by atoms with Gasteiger partial charge in [-0.2, -0.15) is 0 Å². The minimum Gasteiger partial charge on any atom is -0.493 e. The maximum Gasteiger partial charge on any atom is 0.122 e. The summed E-state index contributed by atoms with van der Waals surface area (Å²) >= 11 is 0. The molecule has 3 rings (SSSR count). The molecule has 1 aromatic rings. The minimum absolute atomic E-state index is 0.432. The standard InChI is InChI=1S/C18H27NO/c1-18(2)10-5-4-6-15(18)17(19-3)14-7-8-16-13(12-14)9-11-20-16/h7-8,12,15,17,19H,4-6,9-11H2,1-3H3. The molecule has 1 aromatic carbocycles. The fraction of sp³-hybridized carbons (Fsp3) is 0.667. The first-order valence-corrected chi connectivity index (χ1v) is 8.05. The van der Waals surface area contributed by atoms with Gasteiger partial charge in [0.15, 0.2) is 0 Å². The maximum absolute atomic E-state index is 5.63. The quantitative estimate of drug-likeness (QED) is 0.895. The van der Waals surface area contributed by atoms with Crippen molar-refractivity contribution in [2.75, 3.05) is 13.7 Å². The van der Waals surface area contributed by atoms with Gasteiger partial charge in [-0.15, -0.1) is 0 Å². The topological polar surface area (TPSA) is 21.3 Å². The number of rotatable bonds is 3. The van der Waals surface area contributed by atoms with Gasteiger partial charge in [0.25, 0.3) is 0 Å². The van der Waals surface area contributed by atoms with Crippen LogP contribution in [0.5, 0.6) is 5.75 Å². The molecule has 0 aromatic heterocycles. The molecular weight excluding hydrogens is 246 g/mol. The highest BCUT2D eigenvalue weighted by Crippen LogP contribution is 2.47. The van der Waals surface area contributed by atoms with Gasteiger partial charge in [0.2, 0.25) is 0 Å². The smallest absolute Gasteiger partial charge is 0.122 e. The van der Waals surface area contributed by atoms with E-state index in [0.29, 0.717) is 11.5 Å². The van der Waals surface area contributed by atoms with Crippen molar-refractivity contribution in [1.29, 1.82) is 0 Å². The zero-order valence-corrected chi connectivity index (χ0v) is 13.0. The molecule has 0 bridgehead atoms. The molecule has 1 N–H and O–H groups in total. The summed E-state index contributed by atoms with van der Waals surface area (Å²) in [6.07, 6.45) is 6.52. The lowest BCUT2D eigenvalue weighted by molar-refractivity contribution is 0.101. The zero-order valence-electron chi connectivity index (χ0n) is 13.0. The van der Waals surface area contributed by atoms with Crippen molar-refractivity contribution in [3.8, 4) is 5.75 Å². The Morgan fingerprint density at radius 1 is 1.30 bits per heavy atom. The van der Waals surface area contributed by atoms with Crippen molar-refractivity contribution < 1.29 is 4.74 Å². The summed E-state index contributed by atoms with van der Waals surface area (Å²) in [4.78, 5) is 0. The van der Waals surface area contributed by atoms with Crippen LogP contribution in [0.1, 0.15) is 56.7 Å². The van der Waals surface area contributed by atoms with Crippen LogP contribution in [0.15, 0.2) is 18.2 Å². The Kier molecular flexibility index (Phi) is 3.76. The van der Waals surface area contributed by atoms with Crippen LogP contribution in [-0.2, 0) is 6.42 Å². The summed E-state index contributed by atoms with van der Waals surface area (Å²) in [5, 5.41) is 3.59. The van der Waals surface area contributed by atoms with Gasteiger partial charge in [-0.05, 0) is 48.4 Å². The fourth-order valence-electron chi connectivity index (χ4n) is 4.14. The third kappa shape index (κ3) is 2.46. The average Bonchev–Trinajstić information content (AvgIpc) is 2.89. The largest absolute Gasteiger partial charge is 0.493 e. The first-order chi connectivity index (χ1) is 9.62. The monoisotopic (exact) mass is 273 g/mol. The minimum atomic E-state index is 0.432. The summed E-state index contributed by atoms with van der Waals surface area (Å²) in [7, 11) is 2.11. The van der Waals surface area contributed by atoms with Crippen molar-refractivity contribution in [3.63, 3.8) is 0 Å². The van der Waals surface area contributed by atoms with E-state index >= 15 is 0 Å². The molecule has 2 nitrogen and oxygen atoms in total. The Morgan fingerprint density at radius 3 is 2.90 bits per heavy atom. The van der Waals surface area contributed by atoms with E-state index in [2.05, 4.69) is 44.4 Å². The van der Waals surface area contributed by atoms with Crippen LogP contribution in [-0.4, -0.2) is 13.7 Å². The summed E-state index contributed by atoms with van der Waals surface area (Å²) in [5.41, 5.74) is 3.26. The Hall–Kier alpha value is -1.02.